The molecule has 1 atom stereocenters. The van der Waals surface area contributed by atoms with Gasteiger partial charge < -0.3 is 5.32 Å². The minimum absolute atomic E-state index is 0.00806. The highest BCUT2D eigenvalue weighted by atomic mass is 79.9. The molecule has 0 saturated heterocycles. The van der Waals surface area contributed by atoms with Gasteiger partial charge in [0, 0.05) is 16.6 Å². The van der Waals surface area contributed by atoms with E-state index in [9.17, 15) is 8.78 Å². The first-order valence-electron chi connectivity index (χ1n) is 6.38. The van der Waals surface area contributed by atoms with Crippen molar-refractivity contribution in [1.82, 2.24) is 5.32 Å². The molecular formula is C16H16BrF2N. The molecule has 2 aromatic carbocycles. The van der Waals surface area contributed by atoms with E-state index in [2.05, 4.69) is 21.2 Å². The van der Waals surface area contributed by atoms with Crippen LogP contribution in [0.3, 0.4) is 0 Å². The van der Waals surface area contributed by atoms with Gasteiger partial charge in [-0.3, -0.25) is 0 Å². The summed E-state index contributed by atoms with van der Waals surface area (Å²) < 4.78 is 27.5. The zero-order chi connectivity index (χ0) is 14.7. The Bertz CT molecular complexity index is 593. The number of hydrogen-bond acceptors (Lipinski definition) is 1. The van der Waals surface area contributed by atoms with Crippen LogP contribution in [0.1, 0.15) is 22.7 Å². The molecular weight excluding hydrogens is 324 g/mol. The lowest BCUT2D eigenvalue weighted by Crippen LogP contribution is -2.20. The van der Waals surface area contributed by atoms with Crippen molar-refractivity contribution >= 4 is 15.9 Å². The van der Waals surface area contributed by atoms with Crippen LogP contribution in [0.4, 0.5) is 8.78 Å². The SMILES string of the molecule is CNC(Cc1cc(F)cc(F)c1)c1cccc(Br)c1C. The maximum absolute atomic E-state index is 13.3. The second-order valence-electron chi connectivity index (χ2n) is 4.78. The normalized spacial score (nSPS) is 12.4. The van der Waals surface area contributed by atoms with E-state index in [1.54, 1.807) is 0 Å². The molecule has 0 saturated carbocycles. The molecule has 1 N–H and O–H groups in total. The Hall–Kier alpha value is -1.26. The number of benzene rings is 2. The molecule has 0 aromatic heterocycles. The van der Waals surface area contributed by atoms with Crippen molar-refractivity contribution in [3.8, 4) is 0 Å². The Morgan fingerprint density at radius 1 is 1.15 bits per heavy atom. The van der Waals surface area contributed by atoms with Crippen LogP contribution in [0, 0.1) is 18.6 Å². The Morgan fingerprint density at radius 3 is 2.40 bits per heavy atom. The molecule has 1 unspecified atom stereocenters. The van der Waals surface area contributed by atoms with Crippen LogP contribution >= 0.6 is 15.9 Å². The van der Waals surface area contributed by atoms with Gasteiger partial charge in [-0.1, -0.05) is 28.1 Å². The summed E-state index contributed by atoms with van der Waals surface area (Å²) in [5.41, 5.74) is 2.89. The molecule has 0 heterocycles. The lowest BCUT2D eigenvalue weighted by molar-refractivity contribution is 0.561. The van der Waals surface area contributed by atoms with E-state index in [0.717, 1.165) is 21.7 Å². The summed E-state index contributed by atoms with van der Waals surface area (Å²) in [6, 6.07) is 9.62. The van der Waals surface area contributed by atoms with Gasteiger partial charge in [-0.2, -0.15) is 0 Å². The lowest BCUT2D eigenvalue weighted by Gasteiger charge is -2.20. The van der Waals surface area contributed by atoms with E-state index in [4.69, 9.17) is 0 Å². The molecule has 4 heteroatoms. The molecule has 0 aliphatic rings. The molecule has 20 heavy (non-hydrogen) atoms. The summed E-state index contributed by atoms with van der Waals surface area (Å²) in [4.78, 5) is 0. The van der Waals surface area contributed by atoms with Gasteiger partial charge in [-0.15, -0.1) is 0 Å². The molecule has 1 nitrogen and oxygen atoms in total. The maximum atomic E-state index is 13.3. The van der Waals surface area contributed by atoms with E-state index >= 15 is 0 Å². The Balaban J connectivity index is 2.31. The second kappa shape index (κ2) is 6.46. The molecule has 0 aliphatic carbocycles. The van der Waals surface area contributed by atoms with Crippen molar-refractivity contribution in [1.29, 1.82) is 0 Å². The van der Waals surface area contributed by atoms with E-state index in [-0.39, 0.29) is 6.04 Å². The van der Waals surface area contributed by atoms with Crippen LogP contribution in [0.25, 0.3) is 0 Å². The summed E-state index contributed by atoms with van der Waals surface area (Å²) in [6.07, 6.45) is 0.530. The van der Waals surface area contributed by atoms with Crippen LogP contribution < -0.4 is 5.32 Å². The fourth-order valence-electron chi connectivity index (χ4n) is 2.33. The Labute approximate surface area is 126 Å². The highest BCUT2D eigenvalue weighted by molar-refractivity contribution is 9.10. The van der Waals surface area contributed by atoms with E-state index in [0.29, 0.717) is 12.0 Å². The molecule has 0 radical (unpaired) electrons. The number of hydrogen-bond donors (Lipinski definition) is 1. The predicted octanol–water partition coefficient (Wildman–Crippen LogP) is 4.54. The first-order chi connectivity index (χ1) is 9.51. The van der Waals surface area contributed by atoms with Gasteiger partial charge in [0.05, 0.1) is 0 Å². The fraction of sp³-hybridized carbons (Fsp3) is 0.250. The quantitative estimate of drug-likeness (QED) is 0.862. The average Bonchev–Trinajstić information content (AvgIpc) is 2.38. The van der Waals surface area contributed by atoms with Crippen LogP contribution in [0.2, 0.25) is 0 Å². The summed E-state index contributed by atoms with van der Waals surface area (Å²) in [5, 5.41) is 3.21. The second-order valence-corrected chi connectivity index (χ2v) is 5.63. The highest BCUT2D eigenvalue weighted by Gasteiger charge is 2.14. The number of halogens is 3. The van der Waals surface area contributed by atoms with Crippen LogP contribution in [-0.4, -0.2) is 7.05 Å². The summed E-state index contributed by atoms with van der Waals surface area (Å²) in [5.74, 6) is -1.08. The van der Waals surface area contributed by atoms with E-state index in [1.807, 2.05) is 32.2 Å². The van der Waals surface area contributed by atoms with Gasteiger partial charge in [0.2, 0.25) is 0 Å². The third-order valence-electron chi connectivity index (χ3n) is 3.40. The van der Waals surface area contributed by atoms with Crippen molar-refractivity contribution < 1.29 is 8.78 Å². The third-order valence-corrected chi connectivity index (χ3v) is 4.25. The first kappa shape index (κ1) is 15.1. The summed E-state index contributed by atoms with van der Waals surface area (Å²) in [7, 11) is 1.85. The fourth-order valence-corrected chi connectivity index (χ4v) is 2.72. The molecule has 2 rings (SSSR count). The van der Waals surface area contributed by atoms with Gasteiger partial charge in [0.1, 0.15) is 11.6 Å². The van der Waals surface area contributed by atoms with Crippen LogP contribution in [0.5, 0.6) is 0 Å². The summed E-state index contributed by atoms with van der Waals surface area (Å²) >= 11 is 3.50. The topological polar surface area (TPSA) is 12.0 Å². The molecule has 0 bridgehead atoms. The Morgan fingerprint density at radius 2 is 1.80 bits per heavy atom. The molecule has 0 fully saturated rings. The molecule has 0 amide bonds. The van der Waals surface area contributed by atoms with Crippen LogP contribution in [-0.2, 0) is 6.42 Å². The smallest absolute Gasteiger partial charge is 0.126 e. The van der Waals surface area contributed by atoms with E-state index < -0.39 is 11.6 Å². The largest absolute Gasteiger partial charge is 0.313 e. The first-order valence-corrected chi connectivity index (χ1v) is 7.18. The zero-order valence-corrected chi connectivity index (χ0v) is 13.0. The average molecular weight is 340 g/mol. The third kappa shape index (κ3) is 3.44. The van der Waals surface area contributed by atoms with Crippen LogP contribution in [0.15, 0.2) is 40.9 Å². The minimum Gasteiger partial charge on any atom is -0.313 e. The van der Waals surface area contributed by atoms with Gasteiger partial charge in [-0.25, -0.2) is 8.78 Å². The number of nitrogens with one attached hydrogen (secondary N) is 1. The van der Waals surface area contributed by atoms with Gasteiger partial charge in [0.25, 0.3) is 0 Å². The molecule has 0 spiro atoms. The van der Waals surface area contributed by atoms with Gasteiger partial charge in [0.15, 0.2) is 0 Å². The predicted molar refractivity (Wildman–Crippen MR) is 80.7 cm³/mol. The standard InChI is InChI=1S/C16H16BrF2N/c1-10-14(4-3-5-15(10)17)16(20-2)8-11-6-12(18)9-13(19)7-11/h3-7,9,16,20H,8H2,1-2H3. The molecule has 2 aromatic rings. The number of rotatable bonds is 4. The van der Waals surface area contributed by atoms with Crippen molar-refractivity contribution in [2.24, 2.45) is 0 Å². The van der Waals surface area contributed by atoms with Gasteiger partial charge in [-0.05, 0) is 55.3 Å². The molecule has 106 valence electrons. The lowest BCUT2D eigenvalue weighted by atomic mass is 9.95. The van der Waals surface area contributed by atoms with Crippen molar-refractivity contribution in [3.63, 3.8) is 0 Å². The Kier molecular flexibility index (Phi) is 4.89. The number of likely N-dealkylation sites (N-methyl/N-ethyl adjacent to an activating group) is 1. The monoisotopic (exact) mass is 339 g/mol. The van der Waals surface area contributed by atoms with Gasteiger partial charge >= 0.3 is 0 Å². The van der Waals surface area contributed by atoms with Crippen molar-refractivity contribution in [2.45, 2.75) is 19.4 Å². The zero-order valence-electron chi connectivity index (χ0n) is 11.4. The van der Waals surface area contributed by atoms with Crippen molar-refractivity contribution in [3.05, 3.63) is 69.2 Å². The minimum atomic E-state index is -0.541. The van der Waals surface area contributed by atoms with E-state index in [1.165, 1.54) is 12.1 Å². The summed E-state index contributed by atoms with van der Waals surface area (Å²) in [6.45, 7) is 2.02. The highest BCUT2D eigenvalue weighted by Crippen LogP contribution is 2.27. The van der Waals surface area contributed by atoms with Crippen molar-refractivity contribution in [2.75, 3.05) is 7.05 Å². The molecule has 0 aliphatic heterocycles. The maximum Gasteiger partial charge on any atom is 0.126 e.